The summed E-state index contributed by atoms with van der Waals surface area (Å²) in [5.74, 6) is 5.53. The second-order valence-corrected chi connectivity index (χ2v) is 7.65. The Hall–Kier alpha value is -2.26. The highest BCUT2D eigenvalue weighted by atomic mass is 32.1. The van der Waals surface area contributed by atoms with Gasteiger partial charge >= 0.3 is 6.09 Å². The SMILES string of the molecule is CC#CCOC(=O)N1CCC2(CCN(C(=O)C=Cc3ccsc3)CC2)C1. The van der Waals surface area contributed by atoms with E-state index < -0.39 is 0 Å². The molecule has 2 aliphatic rings. The van der Waals surface area contributed by atoms with Crippen molar-refractivity contribution in [1.29, 1.82) is 0 Å². The number of rotatable bonds is 3. The van der Waals surface area contributed by atoms with Crippen molar-refractivity contribution in [2.45, 2.75) is 26.2 Å². The second kappa shape index (κ2) is 8.41. The second-order valence-electron chi connectivity index (χ2n) is 6.87. The number of hydrogen-bond acceptors (Lipinski definition) is 4. The van der Waals surface area contributed by atoms with Gasteiger partial charge in [0.25, 0.3) is 0 Å². The van der Waals surface area contributed by atoms with Crippen LogP contribution in [-0.2, 0) is 9.53 Å². The van der Waals surface area contributed by atoms with Gasteiger partial charge < -0.3 is 14.5 Å². The third kappa shape index (κ3) is 4.47. The van der Waals surface area contributed by atoms with Crippen LogP contribution in [0.3, 0.4) is 0 Å². The summed E-state index contributed by atoms with van der Waals surface area (Å²) in [6, 6.07) is 2.00. The Balaban J connectivity index is 1.48. The Labute approximate surface area is 158 Å². The van der Waals surface area contributed by atoms with E-state index in [4.69, 9.17) is 4.74 Å². The molecule has 0 saturated carbocycles. The minimum atomic E-state index is -0.276. The first-order valence-corrected chi connectivity index (χ1v) is 9.87. The molecule has 0 unspecified atom stereocenters. The maximum atomic E-state index is 12.4. The van der Waals surface area contributed by atoms with Crippen LogP contribution in [0.4, 0.5) is 4.79 Å². The predicted octanol–water partition coefficient (Wildman–Crippen LogP) is 3.24. The fraction of sp³-hybridized carbons (Fsp3) is 0.500. The Morgan fingerprint density at radius 1 is 1.27 bits per heavy atom. The van der Waals surface area contributed by atoms with Crippen LogP contribution in [0.5, 0.6) is 0 Å². The Kier molecular flexibility index (Phi) is 6.00. The lowest BCUT2D eigenvalue weighted by atomic mass is 9.78. The fourth-order valence-electron chi connectivity index (χ4n) is 3.60. The molecule has 0 radical (unpaired) electrons. The quantitative estimate of drug-likeness (QED) is 0.605. The van der Waals surface area contributed by atoms with E-state index in [2.05, 4.69) is 11.8 Å². The number of thiophene rings is 1. The number of amides is 2. The van der Waals surface area contributed by atoms with Gasteiger partial charge in [-0.15, -0.1) is 5.92 Å². The Morgan fingerprint density at radius 2 is 2.00 bits per heavy atom. The smallest absolute Gasteiger partial charge is 0.410 e. The van der Waals surface area contributed by atoms with Crippen molar-refractivity contribution < 1.29 is 14.3 Å². The van der Waals surface area contributed by atoms with E-state index in [0.29, 0.717) is 0 Å². The van der Waals surface area contributed by atoms with Crippen molar-refractivity contribution in [1.82, 2.24) is 9.80 Å². The van der Waals surface area contributed by atoms with E-state index in [1.54, 1.807) is 29.2 Å². The summed E-state index contributed by atoms with van der Waals surface area (Å²) in [6.07, 6.45) is 6.10. The molecular formula is C20H24N2O3S. The zero-order valence-corrected chi connectivity index (χ0v) is 15.9. The van der Waals surface area contributed by atoms with Gasteiger partial charge in [0.1, 0.15) is 0 Å². The first-order chi connectivity index (χ1) is 12.6. The molecule has 2 aliphatic heterocycles. The summed E-state index contributed by atoms with van der Waals surface area (Å²) < 4.78 is 5.17. The molecule has 5 nitrogen and oxygen atoms in total. The van der Waals surface area contributed by atoms with Crippen LogP contribution in [0.15, 0.2) is 22.9 Å². The van der Waals surface area contributed by atoms with Crippen molar-refractivity contribution in [2.75, 3.05) is 32.8 Å². The Morgan fingerprint density at radius 3 is 2.65 bits per heavy atom. The van der Waals surface area contributed by atoms with Crippen LogP contribution in [0.2, 0.25) is 0 Å². The molecular weight excluding hydrogens is 348 g/mol. The topological polar surface area (TPSA) is 49.9 Å². The lowest BCUT2D eigenvalue weighted by molar-refractivity contribution is -0.128. The van der Waals surface area contributed by atoms with Crippen LogP contribution in [0.1, 0.15) is 31.7 Å². The van der Waals surface area contributed by atoms with Crippen LogP contribution in [0.25, 0.3) is 6.08 Å². The van der Waals surface area contributed by atoms with Crippen LogP contribution in [-0.4, -0.2) is 54.6 Å². The van der Waals surface area contributed by atoms with Gasteiger partial charge in [-0.3, -0.25) is 4.79 Å². The zero-order chi connectivity index (χ0) is 18.4. The molecule has 2 fully saturated rings. The van der Waals surface area contributed by atoms with Crippen molar-refractivity contribution in [3.63, 3.8) is 0 Å². The highest BCUT2D eigenvalue weighted by molar-refractivity contribution is 7.08. The van der Waals surface area contributed by atoms with Gasteiger partial charge in [-0.05, 0) is 60.1 Å². The van der Waals surface area contributed by atoms with Gasteiger partial charge in [0.15, 0.2) is 6.61 Å². The summed E-state index contributed by atoms with van der Waals surface area (Å²) in [4.78, 5) is 28.1. The average molecular weight is 372 g/mol. The molecule has 2 saturated heterocycles. The summed E-state index contributed by atoms with van der Waals surface area (Å²) >= 11 is 1.62. The first kappa shape index (κ1) is 18.5. The van der Waals surface area contributed by atoms with Crippen molar-refractivity contribution in [3.05, 3.63) is 28.5 Å². The number of nitrogens with zero attached hydrogens (tertiary/aromatic N) is 2. The molecule has 3 rings (SSSR count). The predicted molar refractivity (Wildman–Crippen MR) is 103 cm³/mol. The molecule has 138 valence electrons. The highest BCUT2D eigenvalue weighted by Gasteiger charge is 2.42. The van der Waals surface area contributed by atoms with E-state index in [1.165, 1.54) is 0 Å². The molecule has 1 spiro atoms. The maximum absolute atomic E-state index is 12.4. The molecule has 0 aromatic carbocycles. The number of ether oxygens (including phenoxy) is 1. The van der Waals surface area contributed by atoms with Crippen molar-refractivity contribution in [2.24, 2.45) is 5.41 Å². The van der Waals surface area contributed by atoms with E-state index in [0.717, 1.165) is 51.0 Å². The van der Waals surface area contributed by atoms with Crippen LogP contribution >= 0.6 is 11.3 Å². The molecule has 26 heavy (non-hydrogen) atoms. The minimum Gasteiger partial charge on any atom is -0.436 e. The molecule has 0 atom stereocenters. The van der Waals surface area contributed by atoms with E-state index in [1.807, 2.05) is 27.8 Å². The molecule has 0 bridgehead atoms. The van der Waals surface area contributed by atoms with Gasteiger partial charge in [0.2, 0.25) is 5.91 Å². The highest BCUT2D eigenvalue weighted by Crippen LogP contribution is 2.40. The normalized spacial score (nSPS) is 18.8. The summed E-state index contributed by atoms with van der Waals surface area (Å²) in [5, 5.41) is 4.02. The lowest BCUT2D eigenvalue weighted by Crippen LogP contribution is -2.44. The molecule has 2 amide bonds. The maximum Gasteiger partial charge on any atom is 0.410 e. The summed E-state index contributed by atoms with van der Waals surface area (Å²) in [7, 11) is 0. The summed E-state index contributed by atoms with van der Waals surface area (Å²) in [6.45, 7) is 4.82. The van der Waals surface area contributed by atoms with E-state index in [-0.39, 0.29) is 24.0 Å². The molecule has 1 aromatic rings. The minimum absolute atomic E-state index is 0.0680. The van der Waals surface area contributed by atoms with E-state index >= 15 is 0 Å². The number of piperidine rings is 1. The average Bonchev–Trinajstić information content (AvgIpc) is 3.31. The molecule has 0 N–H and O–H groups in total. The first-order valence-electron chi connectivity index (χ1n) is 8.92. The summed E-state index contributed by atoms with van der Waals surface area (Å²) in [5.41, 5.74) is 1.19. The van der Waals surface area contributed by atoms with Gasteiger partial charge in [0, 0.05) is 32.3 Å². The third-order valence-electron chi connectivity index (χ3n) is 5.24. The number of carbonyl (C=O) groups excluding carboxylic acids is 2. The molecule has 6 heteroatoms. The molecule has 1 aromatic heterocycles. The largest absolute Gasteiger partial charge is 0.436 e. The molecule has 3 heterocycles. The lowest BCUT2D eigenvalue weighted by Gasteiger charge is -2.38. The van der Waals surface area contributed by atoms with Crippen LogP contribution in [0, 0.1) is 17.3 Å². The molecule has 0 aliphatic carbocycles. The Bertz CT molecular complexity index is 722. The van der Waals surface area contributed by atoms with Gasteiger partial charge in [-0.2, -0.15) is 11.3 Å². The third-order valence-corrected chi connectivity index (χ3v) is 5.94. The van der Waals surface area contributed by atoms with Gasteiger partial charge in [0.05, 0.1) is 0 Å². The number of hydrogen-bond donors (Lipinski definition) is 0. The van der Waals surface area contributed by atoms with Crippen LogP contribution < -0.4 is 0 Å². The number of carbonyl (C=O) groups is 2. The van der Waals surface area contributed by atoms with Gasteiger partial charge in [-0.1, -0.05) is 5.92 Å². The van der Waals surface area contributed by atoms with Gasteiger partial charge in [-0.25, -0.2) is 4.79 Å². The number of likely N-dealkylation sites (tertiary alicyclic amines) is 2. The fourth-order valence-corrected chi connectivity index (χ4v) is 4.23. The van der Waals surface area contributed by atoms with Crippen molar-refractivity contribution in [3.8, 4) is 11.8 Å². The monoisotopic (exact) mass is 372 g/mol. The van der Waals surface area contributed by atoms with E-state index in [9.17, 15) is 9.59 Å². The standard InChI is InChI=1S/C20H24N2O3S/c1-2-3-13-25-19(24)22-12-9-20(16-22)7-10-21(11-8-20)18(23)5-4-17-6-14-26-15-17/h4-6,14-15H,7-13,16H2,1H3. The zero-order valence-electron chi connectivity index (χ0n) is 15.1. The van der Waals surface area contributed by atoms with Crippen molar-refractivity contribution >= 4 is 29.4 Å².